The number of nitrogens with zero attached hydrogens (tertiary/aromatic N) is 1. The van der Waals surface area contributed by atoms with Crippen molar-refractivity contribution < 1.29 is 9.18 Å². The molecule has 0 bridgehead atoms. The maximum absolute atomic E-state index is 13.3. The highest BCUT2D eigenvalue weighted by Gasteiger charge is 2.12. The topological polar surface area (TPSA) is 20.3 Å². The zero-order valence-electron chi connectivity index (χ0n) is 8.58. The molecule has 0 aliphatic carbocycles. The van der Waals surface area contributed by atoms with Crippen molar-refractivity contribution in [1.82, 2.24) is 0 Å². The lowest BCUT2D eigenvalue weighted by Crippen LogP contribution is -2.29. The van der Waals surface area contributed by atoms with E-state index in [0.29, 0.717) is 6.29 Å². The van der Waals surface area contributed by atoms with Crippen molar-refractivity contribution in [1.29, 1.82) is 0 Å². The van der Waals surface area contributed by atoms with Crippen LogP contribution in [0.25, 0.3) is 0 Å². The summed E-state index contributed by atoms with van der Waals surface area (Å²) in [5.74, 6) is -0.423. The molecule has 0 unspecified atom stereocenters. The average Bonchev–Trinajstić information content (AvgIpc) is 2.30. The summed E-state index contributed by atoms with van der Waals surface area (Å²) in [6.45, 7) is 1.97. The Morgan fingerprint density at radius 2 is 1.93 bits per heavy atom. The van der Waals surface area contributed by atoms with Gasteiger partial charge in [0.25, 0.3) is 0 Å². The van der Waals surface area contributed by atoms with E-state index in [1.807, 2.05) is 6.07 Å². The second kappa shape index (κ2) is 4.43. The van der Waals surface area contributed by atoms with Gasteiger partial charge >= 0.3 is 0 Å². The third kappa shape index (κ3) is 2.17. The Balaban J connectivity index is 2.21. The number of anilines is 1. The van der Waals surface area contributed by atoms with Crippen molar-refractivity contribution in [2.24, 2.45) is 0 Å². The van der Waals surface area contributed by atoms with E-state index in [4.69, 9.17) is 0 Å². The first-order valence-corrected chi connectivity index (χ1v) is 5.31. The monoisotopic (exact) mass is 207 g/mol. The van der Waals surface area contributed by atoms with E-state index in [1.165, 1.54) is 12.5 Å². The van der Waals surface area contributed by atoms with Crippen LogP contribution in [0.15, 0.2) is 18.2 Å². The molecule has 1 aromatic rings. The third-order valence-electron chi connectivity index (χ3n) is 2.83. The van der Waals surface area contributed by atoms with Gasteiger partial charge in [-0.3, -0.25) is 4.79 Å². The van der Waals surface area contributed by atoms with Gasteiger partial charge in [-0.15, -0.1) is 0 Å². The van der Waals surface area contributed by atoms with Crippen molar-refractivity contribution in [3.05, 3.63) is 29.6 Å². The summed E-state index contributed by atoms with van der Waals surface area (Å²) in [6.07, 6.45) is 4.13. The molecule has 0 N–H and O–H groups in total. The second-order valence-corrected chi connectivity index (χ2v) is 3.87. The number of halogens is 1. The Bertz CT molecular complexity index is 359. The first kappa shape index (κ1) is 10.1. The van der Waals surface area contributed by atoms with E-state index < -0.39 is 5.82 Å². The maximum Gasteiger partial charge on any atom is 0.152 e. The Morgan fingerprint density at radius 3 is 2.53 bits per heavy atom. The van der Waals surface area contributed by atoms with E-state index >= 15 is 0 Å². The van der Waals surface area contributed by atoms with Gasteiger partial charge in [0.05, 0.1) is 5.56 Å². The number of benzene rings is 1. The minimum absolute atomic E-state index is 0.135. The molecule has 0 radical (unpaired) electrons. The van der Waals surface area contributed by atoms with Gasteiger partial charge in [-0.2, -0.15) is 0 Å². The molecule has 3 heteroatoms. The fourth-order valence-corrected chi connectivity index (χ4v) is 1.96. The predicted octanol–water partition coefficient (Wildman–Crippen LogP) is 2.63. The van der Waals surface area contributed by atoms with Crippen LogP contribution in [0.5, 0.6) is 0 Å². The van der Waals surface area contributed by atoms with E-state index in [9.17, 15) is 9.18 Å². The van der Waals surface area contributed by atoms with Gasteiger partial charge in [-0.1, -0.05) is 0 Å². The summed E-state index contributed by atoms with van der Waals surface area (Å²) in [5.41, 5.74) is 1.02. The molecule has 0 aromatic heterocycles. The van der Waals surface area contributed by atoms with Crippen molar-refractivity contribution in [3.63, 3.8) is 0 Å². The largest absolute Gasteiger partial charge is 0.371 e. The Kier molecular flexibility index (Phi) is 2.99. The van der Waals surface area contributed by atoms with Gasteiger partial charge in [0.15, 0.2) is 6.29 Å². The molecular formula is C12H14FNO. The molecule has 1 fully saturated rings. The smallest absolute Gasteiger partial charge is 0.152 e. The van der Waals surface area contributed by atoms with Gasteiger partial charge in [0.2, 0.25) is 0 Å². The Labute approximate surface area is 88.7 Å². The van der Waals surface area contributed by atoms with Crippen LogP contribution in [0.2, 0.25) is 0 Å². The molecule has 1 heterocycles. The molecule has 1 aliphatic heterocycles. The third-order valence-corrected chi connectivity index (χ3v) is 2.83. The highest BCUT2D eigenvalue weighted by atomic mass is 19.1. The van der Waals surface area contributed by atoms with Crippen LogP contribution in [0.1, 0.15) is 29.6 Å². The first-order chi connectivity index (χ1) is 7.31. The lowest BCUT2D eigenvalue weighted by molar-refractivity contribution is 0.112. The predicted molar refractivity (Wildman–Crippen MR) is 57.9 cm³/mol. The van der Waals surface area contributed by atoms with Crippen LogP contribution >= 0.6 is 0 Å². The first-order valence-electron chi connectivity index (χ1n) is 5.31. The zero-order valence-corrected chi connectivity index (χ0v) is 8.58. The van der Waals surface area contributed by atoms with E-state index in [2.05, 4.69) is 4.90 Å². The fraction of sp³-hybridized carbons (Fsp3) is 0.417. The molecule has 0 atom stereocenters. The SMILES string of the molecule is O=Cc1ccc(N2CCCCC2)cc1F. The highest BCUT2D eigenvalue weighted by molar-refractivity contribution is 5.76. The molecule has 0 spiro atoms. The van der Waals surface area contributed by atoms with Crippen LogP contribution in [0.4, 0.5) is 10.1 Å². The van der Waals surface area contributed by atoms with Crippen molar-refractivity contribution in [2.45, 2.75) is 19.3 Å². The number of hydrogen-bond acceptors (Lipinski definition) is 2. The summed E-state index contributed by atoms with van der Waals surface area (Å²) in [7, 11) is 0. The highest BCUT2D eigenvalue weighted by Crippen LogP contribution is 2.21. The van der Waals surface area contributed by atoms with Crippen molar-refractivity contribution >= 4 is 12.0 Å². The standard InChI is InChI=1S/C12H14FNO/c13-12-8-11(5-4-10(12)9-15)14-6-2-1-3-7-14/h4-5,8-9H,1-3,6-7H2. The molecule has 0 saturated carbocycles. The van der Waals surface area contributed by atoms with E-state index in [-0.39, 0.29) is 5.56 Å². The van der Waals surface area contributed by atoms with Crippen LogP contribution in [0.3, 0.4) is 0 Å². The number of hydrogen-bond donors (Lipinski definition) is 0. The van der Waals surface area contributed by atoms with Gasteiger partial charge in [-0.25, -0.2) is 4.39 Å². The lowest BCUT2D eigenvalue weighted by atomic mass is 10.1. The van der Waals surface area contributed by atoms with Crippen molar-refractivity contribution in [3.8, 4) is 0 Å². The molecule has 15 heavy (non-hydrogen) atoms. The number of aldehydes is 1. The molecule has 1 aromatic carbocycles. The molecule has 1 aliphatic rings. The quantitative estimate of drug-likeness (QED) is 0.695. The summed E-state index contributed by atoms with van der Waals surface area (Å²) in [5, 5.41) is 0. The number of rotatable bonds is 2. The van der Waals surface area contributed by atoms with Gasteiger partial charge < -0.3 is 4.90 Å². The van der Waals surface area contributed by atoms with Crippen molar-refractivity contribution in [2.75, 3.05) is 18.0 Å². The summed E-state index contributed by atoms with van der Waals surface area (Å²) < 4.78 is 13.3. The van der Waals surface area contributed by atoms with Crippen LogP contribution in [-0.2, 0) is 0 Å². The van der Waals surface area contributed by atoms with Gasteiger partial charge in [0, 0.05) is 18.8 Å². The molecule has 2 rings (SSSR count). The number of carbonyl (C=O) groups excluding carboxylic acids is 1. The molecule has 1 saturated heterocycles. The number of piperidine rings is 1. The molecule has 80 valence electrons. The second-order valence-electron chi connectivity index (χ2n) is 3.87. The fourth-order valence-electron chi connectivity index (χ4n) is 1.96. The molecule has 0 amide bonds. The maximum atomic E-state index is 13.3. The van der Waals surface area contributed by atoms with E-state index in [0.717, 1.165) is 31.6 Å². The Hall–Kier alpha value is -1.38. The van der Waals surface area contributed by atoms with Gasteiger partial charge in [-0.05, 0) is 37.5 Å². The van der Waals surface area contributed by atoms with Crippen LogP contribution in [0, 0.1) is 5.82 Å². The summed E-state index contributed by atoms with van der Waals surface area (Å²) >= 11 is 0. The normalized spacial score (nSPS) is 16.5. The van der Waals surface area contributed by atoms with Crippen LogP contribution < -0.4 is 4.90 Å². The lowest BCUT2D eigenvalue weighted by Gasteiger charge is -2.28. The number of carbonyl (C=O) groups is 1. The summed E-state index contributed by atoms with van der Waals surface area (Å²) in [4.78, 5) is 12.6. The molecule has 2 nitrogen and oxygen atoms in total. The minimum atomic E-state index is -0.423. The van der Waals surface area contributed by atoms with Crippen LogP contribution in [-0.4, -0.2) is 19.4 Å². The Morgan fingerprint density at radius 1 is 1.20 bits per heavy atom. The molecular weight excluding hydrogens is 193 g/mol. The zero-order chi connectivity index (χ0) is 10.7. The minimum Gasteiger partial charge on any atom is -0.371 e. The van der Waals surface area contributed by atoms with Gasteiger partial charge in [0.1, 0.15) is 5.82 Å². The van der Waals surface area contributed by atoms with E-state index in [1.54, 1.807) is 6.07 Å². The summed E-state index contributed by atoms with van der Waals surface area (Å²) in [6, 6.07) is 4.82. The average molecular weight is 207 g/mol.